The fraction of sp³-hybridized carbons (Fsp3) is 0.333. The molecule has 7 aromatic carbocycles. The second kappa shape index (κ2) is 18.0. The fourth-order valence-corrected chi connectivity index (χ4v) is 11.1. The first-order chi connectivity index (χ1) is 29.8. The Hall–Kier alpha value is -5.46. The van der Waals surface area contributed by atoms with Gasteiger partial charge in [-0.1, -0.05) is 166 Å². The summed E-state index contributed by atoms with van der Waals surface area (Å²) in [6.45, 7) is 36.8. The predicted octanol–water partition coefficient (Wildman–Crippen LogP) is 17.0. The van der Waals surface area contributed by atoms with Crippen LogP contribution in [-0.2, 0) is 5.41 Å². The van der Waals surface area contributed by atoms with Gasteiger partial charge < -0.3 is 0 Å². The van der Waals surface area contributed by atoms with Crippen LogP contribution in [0.1, 0.15) is 181 Å². The zero-order chi connectivity index (χ0) is 45.7. The Morgan fingerprint density at radius 3 is 0.571 bits per heavy atom. The third-order valence-electron chi connectivity index (χ3n) is 15.2. The third-order valence-corrected chi connectivity index (χ3v) is 15.2. The maximum Gasteiger partial charge on any atom is 0.0423 e. The van der Waals surface area contributed by atoms with E-state index in [-0.39, 0.29) is 5.41 Å². The van der Waals surface area contributed by atoms with Crippen molar-refractivity contribution >= 4 is 0 Å². The molecule has 0 radical (unpaired) electrons. The molecule has 0 nitrogen and oxygen atoms in total. The highest BCUT2D eigenvalue weighted by atomic mass is 14.3. The van der Waals surface area contributed by atoms with E-state index in [4.69, 9.17) is 0 Å². The predicted molar refractivity (Wildman–Crippen MR) is 273 cm³/mol. The molecule has 1 aliphatic rings. The molecule has 0 aromatic heterocycles. The highest BCUT2D eigenvalue weighted by molar-refractivity contribution is 5.56. The second-order valence-corrected chi connectivity index (χ2v) is 19.9. The lowest BCUT2D eigenvalue weighted by Crippen LogP contribution is -2.25. The van der Waals surface area contributed by atoms with Crippen molar-refractivity contribution in [2.45, 2.75) is 140 Å². The lowest BCUT2D eigenvalue weighted by atomic mass is 9.71. The molecule has 0 saturated carbocycles. The normalized spacial score (nSPS) is 17.2. The summed E-state index contributed by atoms with van der Waals surface area (Å²) >= 11 is 0. The van der Waals surface area contributed by atoms with Crippen LogP contribution < -0.4 is 0 Å². The van der Waals surface area contributed by atoms with Gasteiger partial charge in [-0.3, -0.25) is 0 Å². The summed E-state index contributed by atoms with van der Waals surface area (Å²) in [6.07, 6.45) is 0. The number of benzene rings is 7. The molecule has 324 valence electrons. The van der Waals surface area contributed by atoms with Crippen LogP contribution in [0.3, 0.4) is 0 Å². The average Bonchev–Trinajstić information content (AvgIpc) is 3.23. The minimum absolute atomic E-state index is 0.144. The molecule has 0 amide bonds. The Balaban J connectivity index is 0.000000219. The zero-order valence-corrected chi connectivity index (χ0v) is 41.4. The van der Waals surface area contributed by atoms with Crippen LogP contribution in [-0.4, -0.2) is 0 Å². The quantitative estimate of drug-likeness (QED) is 0.156. The van der Waals surface area contributed by atoms with Crippen LogP contribution in [0.15, 0.2) is 121 Å². The molecule has 0 spiro atoms. The number of aryl methyl sites for hydroxylation is 11. The molecule has 7 aromatic rings. The molecule has 0 heterocycles. The van der Waals surface area contributed by atoms with Gasteiger partial charge in [0.25, 0.3) is 0 Å². The van der Waals surface area contributed by atoms with E-state index in [1.165, 1.54) is 122 Å². The van der Waals surface area contributed by atoms with E-state index < -0.39 is 0 Å². The van der Waals surface area contributed by atoms with Gasteiger partial charge in [-0.05, 0) is 189 Å². The molecular weight excluding hydrogens is 757 g/mol. The summed E-state index contributed by atoms with van der Waals surface area (Å²) in [5.74, 6) is 1.32. The van der Waals surface area contributed by atoms with Crippen molar-refractivity contribution in [3.8, 4) is 0 Å². The Kier molecular flexibility index (Phi) is 13.0. The van der Waals surface area contributed by atoms with E-state index in [0.717, 1.165) is 0 Å². The largest absolute Gasteiger partial charge is 0.0590 e. The topological polar surface area (TPSA) is 0 Å². The van der Waals surface area contributed by atoms with Crippen LogP contribution in [0.5, 0.6) is 0 Å². The van der Waals surface area contributed by atoms with Gasteiger partial charge in [0.2, 0.25) is 0 Å². The summed E-state index contributed by atoms with van der Waals surface area (Å²) in [5.41, 5.74) is 30.5. The number of hydrogen-bond acceptors (Lipinski definition) is 0. The van der Waals surface area contributed by atoms with Gasteiger partial charge >= 0.3 is 0 Å². The fourth-order valence-electron chi connectivity index (χ4n) is 11.1. The minimum Gasteiger partial charge on any atom is -0.0590 e. The Morgan fingerprint density at radius 1 is 0.254 bits per heavy atom. The van der Waals surface area contributed by atoms with E-state index in [1.807, 2.05) is 0 Å². The molecule has 0 N–H and O–H groups in total. The van der Waals surface area contributed by atoms with Gasteiger partial charge in [-0.2, -0.15) is 0 Å². The van der Waals surface area contributed by atoms with E-state index in [0.29, 0.717) is 23.7 Å². The second-order valence-electron chi connectivity index (χ2n) is 19.9. The lowest BCUT2D eigenvalue weighted by Gasteiger charge is -2.32. The van der Waals surface area contributed by atoms with Crippen LogP contribution >= 0.6 is 0 Å². The van der Waals surface area contributed by atoms with Crippen LogP contribution in [0, 0.1) is 76.2 Å². The molecule has 0 saturated heterocycles. The first-order valence-corrected chi connectivity index (χ1v) is 23.5. The van der Waals surface area contributed by atoms with Gasteiger partial charge in [0.1, 0.15) is 0 Å². The Bertz CT molecular complexity index is 2310. The molecular formula is C63H72. The van der Waals surface area contributed by atoms with Gasteiger partial charge in [-0.15, -0.1) is 0 Å². The van der Waals surface area contributed by atoms with Gasteiger partial charge in [0.05, 0.1) is 0 Å². The van der Waals surface area contributed by atoms with Gasteiger partial charge in [-0.25, -0.2) is 0 Å². The Morgan fingerprint density at radius 2 is 0.413 bits per heavy atom. The van der Waals surface area contributed by atoms with Gasteiger partial charge in [0.15, 0.2) is 0 Å². The zero-order valence-electron chi connectivity index (χ0n) is 41.4. The molecule has 0 aliphatic heterocycles. The van der Waals surface area contributed by atoms with Crippen molar-refractivity contribution in [3.63, 3.8) is 0 Å². The smallest absolute Gasteiger partial charge is 0.0423 e. The molecule has 0 heteroatoms. The summed E-state index contributed by atoms with van der Waals surface area (Å²) < 4.78 is 0. The van der Waals surface area contributed by atoms with Crippen molar-refractivity contribution in [2.75, 3.05) is 0 Å². The van der Waals surface area contributed by atoms with Crippen molar-refractivity contribution in [3.05, 3.63) is 244 Å². The van der Waals surface area contributed by atoms with Crippen LogP contribution in [0.25, 0.3) is 0 Å². The summed E-state index contributed by atoms with van der Waals surface area (Å²) in [6, 6.07) is 46.6. The molecule has 0 atom stereocenters. The highest BCUT2D eigenvalue weighted by Gasteiger charge is 2.31. The molecule has 1 aliphatic carbocycles. The summed E-state index contributed by atoms with van der Waals surface area (Å²) in [5, 5.41) is 0. The number of hydrogen-bond donors (Lipinski definition) is 0. The van der Waals surface area contributed by atoms with Crippen LogP contribution in [0.4, 0.5) is 0 Å². The summed E-state index contributed by atoms with van der Waals surface area (Å²) in [7, 11) is 0. The monoisotopic (exact) mass is 829 g/mol. The molecule has 0 unspecified atom stereocenters. The number of fused-ring (bicyclic) bond motifs is 8. The third kappa shape index (κ3) is 8.76. The van der Waals surface area contributed by atoms with Crippen LogP contribution in [0.2, 0.25) is 0 Å². The van der Waals surface area contributed by atoms with E-state index in [9.17, 15) is 0 Å². The standard InChI is InChI=1S/C40H48.C23H24/c1-21-13-22(2)34-17-33(21)29(9)35-18-36(24(4)14-23(35)3)31(11)39-20-40(28(8)16-27(39)7)32(12)38-19-37(30(34)10)25(5)15-26(38)6;1-17-5-11-20(12-6-17)23(4,21-13-7-18(2)8-14-21)22-15-9-19(3)10-16-22/h13-20,29-32H,1-12H3;5-16H,1-4H3. The minimum atomic E-state index is -0.144. The van der Waals surface area contributed by atoms with Crippen molar-refractivity contribution in [2.24, 2.45) is 0 Å². The highest BCUT2D eigenvalue weighted by Crippen LogP contribution is 2.43. The van der Waals surface area contributed by atoms with Crippen molar-refractivity contribution < 1.29 is 0 Å². The molecule has 8 rings (SSSR count). The average molecular weight is 829 g/mol. The lowest BCUT2D eigenvalue weighted by molar-refractivity contribution is 0.691. The molecule has 0 fully saturated rings. The first kappa shape index (κ1) is 45.6. The maximum absolute atomic E-state index is 2.54. The van der Waals surface area contributed by atoms with Crippen molar-refractivity contribution in [1.29, 1.82) is 0 Å². The first-order valence-electron chi connectivity index (χ1n) is 23.5. The van der Waals surface area contributed by atoms with E-state index in [1.54, 1.807) is 0 Å². The van der Waals surface area contributed by atoms with E-state index >= 15 is 0 Å². The van der Waals surface area contributed by atoms with E-state index in [2.05, 4.69) is 232 Å². The molecule has 63 heavy (non-hydrogen) atoms. The van der Waals surface area contributed by atoms with Gasteiger partial charge in [0, 0.05) is 29.1 Å². The molecule has 8 bridgehead atoms. The number of rotatable bonds is 3. The maximum atomic E-state index is 2.54. The SMILES string of the molecule is Cc1cc(C)c2cc1C(C)c1cc(c(C)cc1C)C(C)c1cc(c(C)cc1C)C(C)c1cc(c(C)cc1C)C2C.Cc1ccc(C(C)(c2ccc(C)cc2)c2ccc(C)cc2)cc1. The van der Waals surface area contributed by atoms with Crippen molar-refractivity contribution in [1.82, 2.24) is 0 Å². The summed E-state index contributed by atoms with van der Waals surface area (Å²) in [4.78, 5) is 0. The Labute approximate surface area is 381 Å².